The van der Waals surface area contributed by atoms with Gasteiger partial charge in [-0.05, 0) is 49.1 Å². The van der Waals surface area contributed by atoms with Gasteiger partial charge < -0.3 is 10.3 Å². The van der Waals surface area contributed by atoms with Crippen LogP contribution in [0.4, 0.5) is 0 Å². The van der Waals surface area contributed by atoms with Gasteiger partial charge in [0.2, 0.25) is 5.91 Å². The van der Waals surface area contributed by atoms with Gasteiger partial charge in [0.1, 0.15) is 0 Å². The molecule has 116 valence electrons. The molecule has 22 heavy (non-hydrogen) atoms. The zero-order valence-corrected chi connectivity index (χ0v) is 13.4. The van der Waals surface area contributed by atoms with Crippen molar-refractivity contribution >= 4 is 34.5 Å². The second kappa shape index (κ2) is 6.57. The van der Waals surface area contributed by atoms with Crippen molar-refractivity contribution in [2.45, 2.75) is 38.6 Å². The fraction of sp³-hybridized carbons (Fsp3) is 0.389. The number of rotatable bonds is 4. The predicted molar refractivity (Wildman–Crippen MR) is 91.8 cm³/mol. The Morgan fingerprint density at radius 1 is 1.27 bits per heavy atom. The van der Waals surface area contributed by atoms with Crippen LogP contribution in [-0.4, -0.2) is 10.5 Å². The normalized spacial score (nSPS) is 16.6. The first-order valence-corrected chi connectivity index (χ1v) is 8.27. The number of nitrogens with zero attached hydrogens (tertiary/aromatic N) is 1. The van der Waals surface area contributed by atoms with Crippen molar-refractivity contribution in [1.29, 1.82) is 0 Å². The summed E-state index contributed by atoms with van der Waals surface area (Å²) in [6.07, 6.45) is 9.79. The minimum atomic E-state index is -0.424. The number of carbonyl (C=O) groups excluding carboxylic acids is 1. The molecule has 3 rings (SSSR count). The number of amides is 1. The lowest BCUT2D eigenvalue weighted by Gasteiger charge is -2.23. The van der Waals surface area contributed by atoms with Gasteiger partial charge in [0.05, 0.1) is 0 Å². The molecule has 0 atom stereocenters. The Balaban J connectivity index is 1.99. The Morgan fingerprint density at radius 2 is 2.05 bits per heavy atom. The SMILES string of the molecule is NC(=O)/C=C/c1cc2cc(Cl)ccc2n1CC1CCCCC1. The van der Waals surface area contributed by atoms with Gasteiger partial charge in [-0.1, -0.05) is 30.9 Å². The molecule has 1 aliphatic rings. The largest absolute Gasteiger partial charge is 0.366 e. The van der Waals surface area contributed by atoms with Gasteiger partial charge in [0.15, 0.2) is 0 Å². The van der Waals surface area contributed by atoms with E-state index in [-0.39, 0.29) is 0 Å². The lowest BCUT2D eigenvalue weighted by molar-refractivity contribution is -0.113. The molecule has 0 bridgehead atoms. The van der Waals surface area contributed by atoms with Crippen LogP contribution in [0.5, 0.6) is 0 Å². The third kappa shape index (κ3) is 3.36. The smallest absolute Gasteiger partial charge is 0.241 e. The van der Waals surface area contributed by atoms with Gasteiger partial charge in [0.25, 0.3) is 0 Å². The third-order valence-electron chi connectivity index (χ3n) is 4.48. The van der Waals surface area contributed by atoms with E-state index in [1.807, 2.05) is 12.1 Å². The van der Waals surface area contributed by atoms with Gasteiger partial charge in [-0.15, -0.1) is 0 Å². The van der Waals surface area contributed by atoms with Crippen molar-refractivity contribution < 1.29 is 4.79 Å². The number of benzene rings is 1. The number of carbonyl (C=O) groups is 1. The van der Waals surface area contributed by atoms with Crippen molar-refractivity contribution in [2.24, 2.45) is 11.7 Å². The highest BCUT2D eigenvalue weighted by molar-refractivity contribution is 6.31. The summed E-state index contributed by atoms with van der Waals surface area (Å²) in [6, 6.07) is 8.02. The Bertz CT molecular complexity index is 711. The van der Waals surface area contributed by atoms with Crippen LogP contribution in [0.3, 0.4) is 0 Å². The van der Waals surface area contributed by atoms with Crippen molar-refractivity contribution in [2.75, 3.05) is 0 Å². The summed E-state index contributed by atoms with van der Waals surface area (Å²) in [5, 5.41) is 1.83. The van der Waals surface area contributed by atoms with Crippen LogP contribution in [-0.2, 0) is 11.3 Å². The van der Waals surface area contributed by atoms with E-state index in [1.165, 1.54) is 43.7 Å². The lowest BCUT2D eigenvalue weighted by Crippen LogP contribution is -2.15. The van der Waals surface area contributed by atoms with E-state index in [0.717, 1.165) is 22.6 Å². The first-order valence-electron chi connectivity index (χ1n) is 7.90. The zero-order valence-electron chi connectivity index (χ0n) is 12.6. The lowest BCUT2D eigenvalue weighted by atomic mass is 9.89. The van der Waals surface area contributed by atoms with E-state index in [0.29, 0.717) is 5.92 Å². The quantitative estimate of drug-likeness (QED) is 0.836. The van der Waals surface area contributed by atoms with Crippen LogP contribution in [0.25, 0.3) is 17.0 Å². The van der Waals surface area contributed by atoms with Crippen molar-refractivity contribution in [1.82, 2.24) is 4.57 Å². The molecule has 3 nitrogen and oxygen atoms in total. The summed E-state index contributed by atoms with van der Waals surface area (Å²) < 4.78 is 2.29. The molecule has 1 aromatic heterocycles. The van der Waals surface area contributed by atoms with Crippen LogP contribution < -0.4 is 5.73 Å². The minimum Gasteiger partial charge on any atom is -0.366 e. The fourth-order valence-electron chi connectivity index (χ4n) is 3.40. The first kappa shape index (κ1) is 15.2. The van der Waals surface area contributed by atoms with E-state index in [1.54, 1.807) is 6.08 Å². The molecule has 2 N–H and O–H groups in total. The summed E-state index contributed by atoms with van der Waals surface area (Å²) >= 11 is 6.10. The van der Waals surface area contributed by atoms with Crippen LogP contribution in [0.1, 0.15) is 37.8 Å². The van der Waals surface area contributed by atoms with Crippen LogP contribution >= 0.6 is 11.6 Å². The summed E-state index contributed by atoms with van der Waals surface area (Å²) in [7, 11) is 0. The first-order chi connectivity index (χ1) is 10.6. The molecule has 0 saturated heterocycles. The third-order valence-corrected chi connectivity index (χ3v) is 4.71. The summed E-state index contributed by atoms with van der Waals surface area (Å²) in [6.45, 7) is 0.990. The Hall–Kier alpha value is -1.74. The maximum Gasteiger partial charge on any atom is 0.241 e. The molecule has 0 unspecified atom stereocenters. The summed E-state index contributed by atoms with van der Waals surface area (Å²) in [5.74, 6) is 0.285. The van der Waals surface area contributed by atoms with E-state index < -0.39 is 5.91 Å². The average molecular weight is 317 g/mol. The topological polar surface area (TPSA) is 48.0 Å². The molecule has 0 radical (unpaired) electrons. The monoisotopic (exact) mass is 316 g/mol. The zero-order chi connectivity index (χ0) is 15.5. The van der Waals surface area contributed by atoms with Crippen LogP contribution in [0.15, 0.2) is 30.3 Å². The molecule has 1 saturated carbocycles. The molecule has 2 aromatic rings. The van der Waals surface area contributed by atoms with Gasteiger partial charge in [0, 0.05) is 34.2 Å². The highest BCUT2D eigenvalue weighted by Crippen LogP contribution is 2.30. The Labute approximate surface area is 135 Å². The van der Waals surface area contributed by atoms with E-state index in [9.17, 15) is 4.79 Å². The number of primary amides is 1. The van der Waals surface area contributed by atoms with Crippen molar-refractivity contribution in [3.8, 4) is 0 Å². The van der Waals surface area contributed by atoms with Crippen LogP contribution in [0, 0.1) is 5.92 Å². The molecule has 1 amide bonds. The van der Waals surface area contributed by atoms with E-state index >= 15 is 0 Å². The average Bonchev–Trinajstić information content (AvgIpc) is 2.83. The molecule has 0 spiro atoms. The fourth-order valence-corrected chi connectivity index (χ4v) is 3.58. The molecule has 1 aromatic carbocycles. The number of hydrogen-bond acceptors (Lipinski definition) is 1. The maximum absolute atomic E-state index is 11.0. The van der Waals surface area contributed by atoms with E-state index in [2.05, 4.69) is 16.7 Å². The van der Waals surface area contributed by atoms with Gasteiger partial charge in [-0.2, -0.15) is 0 Å². The van der Waals surface area contributed by atoms with Gasteiger partial charge in [-0.25, -0.2) is 0 Å². The maximum atomic E-state index is 11.0. The second-order valence-corrected chi connectivity index (χ2v) is 6.56. The molecule has 1 heterocycles. The number of halogens is 1. The van der Waals surface area contributed by atoms with Gasteiger partial charge >= 0.3 is 0 Å². The van der Waals surface area contributed by atoms with Crippen molar-refractivity contribution in [3.63, 3.8) is 0 Å². The molecular formula is C18H21ClN2O. The van der Waals surface area contributed by atoms with Crippen LogP contribution in [0.2, 0.25) is 5.02 Å². The molecule has 1 fully saturated rings. The Kier molecular flexibility index (Phi) is 4.53. The number of aromatic nitrogens is 1. The number of hydrogen-bond donors (Lipinski definition) is 1. The predicted octanol–water partition coefficient (Wildman–Crippen LogP) is 4.37. The highest BCUT2D eigenvalue weighted by Gasteiger charge is 2.16. The molecule has 4 heteroatoms. The standard InChI is InChI=1S/C18H21ClN2O/c19-15-6-8-17-14(10-15)11-16(7-9-18(20)22)21(17)12-13-4-2-1-3-5-13/h6-11,13H,1-5,12H2,(H2,20,22)/b9-7+. The van der Waals surface area contributed by atoms with Crippen molar-refractivity contribution in [3.05, 3.63) is 41.1 Å². The Morgan fingerprint density at radius 3 is 2.77 bits per heavy atom. The highest BCUT2D eigenvalue weighted by atomic mass is 35.5. The number of nitrogens with two attached hydrogens (primary N) is 1. The minimum absolute atomic E-state index is 0.424. The molecule has 0 aliphatic heterocycles. The second-order valence-electron chi connectivity index (χ2n) is 6.12. The molecule has 1 aliphatic carbocycles. The number of fused-ring (bicyclic) bond motifs is 1. The summed E-state index contributed by atoms with van der Waals surface area (Å²) in [5.41, 5.74) is 7.42. The summed E-state index contributed by atoms with van der Waals surface area (Å²) in [4.78, 5) is 11.0. The molecular weight excluding hydrogens is 296 g/mol. The van der Waals surface area contributed by atoms with Gasteiger partial charge in [-0.3, -0.25) is 4.79 Å². The van der Waals surface area contributed by atoms with E-state index in [4.69, 9.17) is 17.3 Å².